The van der Waals surface area contributed by atoms with Gasteiger partial charge in [0.15, 0.2) is 0 Å². The number of hydrazone groups is 1. The third-order valence-corrected chi connectivity index (χ3v) is 7.01. The third-order valence-electron chi connectivity index (χ3n) is 7.01. The molecule has 6 heteroatoms. The number of nitrogens with one attached hydrogen (secondary N) is 1. The molecule has 2 atom stereocenters. The van der Waals surface area contributed by atoms with E-state index in [1.54, 1.807) is 24.3 Å². The van der Waals surface area contributed by atoms with Crippen molar-refractivity contribution in [1.82, 2.24) is 10.3 Å². The first kappa shape index (κ1) is 16.9. The van der Waals surface area contributed by atoms with Crippen molar-refractivity contribution in [3.63, 3.8) is 0 Å². The van der Waals surface area contributed by atoms with Crippen molar-refractivity contribution in [3.05, 3.63) is 35.4 Å². The van der Waals surface area contributed by atoms with Crippen LogP contribution >= 0.6 is 0 Å². The van der Waals surface area contributed by atoms with Crippen LogP contribution in [0.25, 0.3) is 0 Å². The van der Waals surface area contributed by atoms with Crippen LogP contribution in [-0.2, 0) is 4.79 Å². The normalized spacial score (nSPS) is 30.2. The lowest BCUT2D eigenvalue weighted by atomic mass is 9.70. The predicted octanol–water partition coefficient (Wildman–Crippen LogP) is 2.60. The molecule has 2 fully saturated rings. The summed E-state index contributed by atoms with van der Waals surface area (Å²) in [6.45, 7) is 6.45. The summed E-state index contributed by atoms with van der Waals surface area (Å²) in [4.78, 5) is 37.9. The van der Waals surface area contributed by atoms with Gasteiger partial charge in [-0.25, -0.2) is 5.43 Å². The molecule has 0 aromatic heterocycles. The van der Waals surface area contributed by atoms with Crippen molar-refractivity contribution in [2.24, 2.45) is 21.8 Å². The van der Waals surface area contributed by atoms with Gasteiger partial charge in [0.05, 0.1) is 11.1 Å². The molecule has 3 aliphatic rings. The monoisotopic (exact) mass is 353 g/mol. The van der Waals surface area contributed by atoms with E-state index in [1.165, 1.54) is 6.42 Å². The Bertz CT molecular complexity index is 823. The van der Waals surface area contributed by atoms with Crippen molar-refractivity contribution in [3.8, 4) is 0 Å². The second-order valence-corrected chi connectivity index (χ2v) is 8.33. The summed E-state index contributed by atoms with van der Waals surface area (Å²) in [6.07, 6.45) is 3.18. The Balaban J connectivity index is 1.45. The Morgan fingerprint density at radius 3 is 2.31 bits per heavy atom. The number of carbonyl (C=O) groups is 3. The summed E-state index contributed by atoms with van der Waals surface area (Å²) < 4.78 is 0. The number of benzene rings is 1. The van der Waals surface area contributed by atoms with Gasteiger partial charge in [0.25, 0.3) is 17.7 Å². The maximum Gasteiger partial charge on any atom is 0.262 e. The van der Waals surface area contributed by atoms with Gasteiger partial charge in [0.2, 0.25) is 0 Å². The summed E-state index contributed by atoms with van der Waals surface area (Å²) >= 11 is 0. The molecule has 2 saturated carbocycles. The Morgan fingerprint density at radius 2 is 1.81 bits per heavy atom. The smallest absolute Gasteiger partial charge is 0.262 e. The highest BCUT2D eigenvalue weighted by molar-refractivity contribution is 6.22. The highest BCUT2D eigenvalue weighted by Crippen LogP contribution is 2.63. The van der Waals surface area contributed by atoms with Gasteiger partial charge in [-0.2, -0.15) is 5.10 Å². The molecule has 1 heterocycles. The minimum Gasteiger partial charge on any atom is -0.271 e. The zero-order valence-electron chi connectivity index (χ0n) is 15.3. The second-order valence-electron chi connectivity index (χ2n) is 8.33. The SMILES string of the molecule is CC1(C)[C@H]2CC[C@@]1(C)/C(=N/NC(=O)CN1C(=O)c3ccccc3C1=O)C2. The van der Waals surface area contributed by atoms with Crippen LogP contribution in [0.15, 0.2) is 29.4 Å². The van der Waals surface area contributed by atoms with E-state index in [0.717, 1.165) is 23.5 Å². The first-order chi connectivity index (χ1) is 12.3. The average Bonchev–Trinajstić information content (AvgIpc) is 3.07. The first-order valence-corrected chi connectivity index (χ1v) is 9.07. The molecule has 2 aliphatic carbocycles. The van der Waals surface area contributed by atoms with Crippen molar-refractivity contribution in [1.29, 1.82) is 0 Å². The molecule has 0 unspecified atom stereocenters. The Hall–Kier alpha value is -2.50. The van der Waals surface area contributed by atoms with E-state index in [4.69, 9.17) is 0 Å². The van der Waals surface area contributed by atoms with Crippen LogP contribution < -0.4 is 5.43 Å². The van der Waals surface area contributed by atoms with E-state index in [9.17, 15) is 14.4 Å². The number of imide groups is 1. The number of amides is 3. The molecular weight excluding hydrogens is 330 g/mol. The molecule has 6 nitrogen and oxygen atoms in total. The van der Waals surface area contributed by atoms with Gasteiger partial charge in [-0.1, -0.05) is 32.9 Å². The molecule has 0 spiro atoms. The number of hydrogen-bond acceptors (Lipinski definition) is 4. The molecule has 2 bridgehead atoms. The number of fused-ring (bicyclic) bond motifs is 3. The number of carbonyl (C=O) groups excluding carboxylic acids is 3. The van der Waals surface area contributed by atoms with Crippen molar-refractivity contribution in [2.45, 2.75) is 40.0 Å². The van der Waals surface area contributed by atoms with Crippen LogP contribution in [0, 0.1) is 16.7 Å². The van der Waals surface area contributed by atoms with Crippen molar-refractivity contribution < 1.29 is 14.4 Å². The second kappa shape index (κ2) is 5.50. The molecule has 1 aromatic rings. The summed E-state index contributed by atoms with van der Waals surface area (Å²) in [6, 6.07) is 6.62. The molecule has 26 heavy (non-hydrogen) atoms. The zero-order chi connectivity index (χ0) is 18.7. The summed E-state index contributed by atoms with van der Waals surface area (Å²) in [5, 5.41) is 4.38. The highest BCUT2D eigenvalue weighted by atomic mass is 16.2. The summed E-state index contributed by atoms with van der Waals surface area (Å²) in [7, 11) is 0. The van der Waals surface area contributed by atoms with Gasteiger partial charge >= 0.3 is 0 Å². The van der Waals surface area contributed by atoms with Gasteiger partial charge in [-0.15, -0.1) is 0 Å². The summed E-state index contributed by atoms with van der Waals surface area (Å²) in [5.41, 5.74) is 4.47. The van der Waals surface area contributed by atoms with E-state index in [2.05, 4.69) is 31.3 Å². The Kier molecular flexibility index (Phi) is 3.58. The lowest BCUT2D eigenvalue weighted by Crippen LogP contribution is -2.40. The van der Waals surface area contributed by atoms with Gasteiger partial charge in [-0.3, -0.25) is 19.3 Å². The standard InChI is InChI=1S/C20H23N3O3/c1-19(2)12-8-9-20(19,3)15(10-12)21-22-16(24)11-23-17(25)13-6-4-5-7-14(13)18(23)26/h4-7,12H,8-11H2,1-3H3,(H,22,24)/b21-15+/t12-,20-/m0/s1. The van der Waals surface area contributed by atoms with E-state index < -0.39 is 17.7 Å². The molecule has 1 aromatic carbocycles. The molecule has 3 amide bonds. The maximum absolute atomic E-state index is 12.3. The fourth-order valence-corrected chi connectivity index (χ4v) is 4.79. The van der Waals surface area contributed by atoms with Crippen LogP contribution in [0.1, 0.15) is 60.7 Å². The fourth-order valence-electron chi connectivity index (χ4n) is 4.79. The van der Waals surface area contributed by atoms with E-state index >= 15 is 0 Å². The third kappa shape index (κ3) is 2.17. The topological polar surface area (TPSA) is 78.8 Å². The lowest BCUT2D eigenvalue weighted by molar-refractivity contribution is -0.121. The van der Waals surface area contributed by atoms with E-state index in [1.807, 2.05) is 0 Å². The number of rotatable bonds is 3. The lowest BCUT2D eigenvalue weighted by Gasteiger charge is -2.34. The van der Waals surface area contributed by atoms with Crippen molar-refractivity contribution >= 4 is 23.4 Å². The van der Waals surface area contributed by atoms with Gasteiger partial charge in [0.1, 0.15) is 6.54 Å². The Labute approximate surface area is 152 Å². The minimum atomic E-state index is -0.448. The van der Waals surface area contributed by atoms with Crippen LogP contribution in [0.2, 0.25) is 0 Å². The maximum atomic E-state index is 12.3. The summed E-state index contributed by atoms with van der Waals surface area (Å²) in [5.74, 6) is -0.710. The first-order valence-electron chi connectivity index (χ1n) is 9.07. The van der Waals surface area contributed by atoms with E-state index in [0.29, 0.717) is 17.0 Å². The quantitative estimate of drug-likeness (QED) is 0.670. The predicted molar refractivity (Wildman–Crippen MR) is 96.6 cm³/mol. The van der Waals surface area contributed by atoms with Crippen LogP contribution in [0.3, 0.4) is 0 Å². The van der Waals surface area contributed by atoms with Gasteiger partial charge in [0, 0.05) is 11.1 Å². The molecule has 136 valence electrons. The van der Waals surface area contributed by atoms with Crippen LogP contribution in [0.4, 0.5) is 0 Å². The van der Waals surface area contributed by atoms with Crippen LogP contribution in [0.5, 0.6) is 0 Å². The number of hydrogen-bond donors (Lipinski definition) is 1. The molecule has 1 aliphatic heterocycles. The molecule has 1 N–H and O–H groups in total. The molecule has 4 rings (SSSR count). The fraction of sp³-hybridized carbons (Fsp3) is 0.500. The minimum absolute atomic E-state index is 0.000462. The zero-order valence-corrected chi connectivity index (χ0v) is 15.3. The van der Waals surface area contributed by atoms with Gasteiger partial charge < -0.3 is 0 Å². The van der Waals surface area contributed by atoms with E-state index in [-0.39, 0.29) is 17.4 Å². The average molecular weight is 353 g/mol. The molecule has 0 radical (unpaired) electrons. The van der Waals surface area contributed by atoms with Gasteiger partial charge in [-0.05, 0) is 42.7 Å². The highest BCUT2D eigenvalue weighted by Gasteiger charge is 2.60. The molecular formula is C20H23N3O3. The van der Waals surface area contributed by atoms with Crippen LogP contribution in [-0.4, -0.2) is 34.9 Å². The Morgan fingerprint density at radius 1 is 1.19 bits per heavy atom. The number of nitrogens with zero attached hydrogens (tertiary/aromatic N) is 2. The molecule has 0 saturated heterocycles. The largest absolute Gasteiger partial charge is 0.271 e. The van der Waals surface area contributed by atoms with Crippen molar-refractivity contribution in [2.75, 3.05) is 6.54 Å².